The number of nitrogens with two attached hydrogens (primary N) is 1. The molecule has 2 nitrogen and oxygen atoms in total. The maximum Gasteiger partial charge on any atom is 0.201 e. The summed E-state index contributed by atoms with van der Waals surface area (Å²) in [5.41, 5.74) is 5.13. The van der Waals surface area contributed by atoms with E-state index in [4.69, 9.17) is 11.0 Å². The standard InChI is InChI=1S/C5H9FN2/c1-2-5(8)4(6)3-7/h4-5H,2,8H2,1H3. The molecule has 0 aromatic heterocycles. The van der Waals surface area contributed by atoms with Gasteiger partial charge in [-0.2, -0.15) is 5.26 Å². The van der Waals surface area contributed by atoms with Gasteiger partial charge in [0.05, 0.1) is 0 Å². The second kappa shape index (κ2) is 3.39. The van der Waals surface area contributed by atoms with E-state index >= 15 is 0 Å². The Morgan fingerprint density at radius 3 is 2.50 bits per heavy atom. The van der Waals surface area contributed by atoms with Crippen LogP contribution in [0.5, 0.6) is 0 Å². The molecule has 0 amide bonds. The fraction of sp³-hybridized carbons (Fsp3) is 0.800. The first-order valence-electron chi connectivity index (χ1n) is 2.51. The van der Waals surface area contributed by atoms with Crippen molar-refractivity contribution in [3.63, 3.8) is 0 Å². The summed E-state index contributed by atoms with van der Waals surface area (Å²) in [4.78, 5) is 0. The number of hydrogen-bond acceptors (Lipinski definition) is 2. The second-order valence-corrected chi connectivity index (χ2v) is 1.60. The molecule has 2 N–H and O–H groups in total. The Balaban J connectivity index is 3.49. The lowest BCUT2D eigenvalue weighted by Crippen LogP contribution is -2.29. The molecule has 0 aromatic carbocycles. The van der Waals surface area contributed by atoms with Gasteiger partial charge in [0.2, 0.25) is 6.17 Å². The minimum Gasteiger partial charge on any atom is -0.324 e. The Labute approximate surface area is 48.1 Å². The lowest BCUT2D eigenvalue weighted by molar-refractivity contribution is 0.343. The highest BCUT2D eigenvalue weighted by Gasteiger charge is 2.11. The second-order valence-electron chi connectivity index (χ2n) is 1.60. The molecule has 0 spiro atoms. The molecule has 0 bridgehead atoms. The third-order valence-electron chi connectivity index (χ3n) is 0.971. The number of alkyl halides is 1. The smallest absolute Gasteiger partial charge is 0.201 e. The predicted molar refractivity (Wildman–Crippen MR) is 28.8 cm³/mol. The Morgan fingerprint density at radius 2 is 2.38 bits per heavy atom. The van der Waals surface area contributed by atoms with Crippen molar-refractivity contribution in [3.05, 3.63) is 0 Å². The maximum atomic E-state index is 12.0. The highest BCUT2D eigenvalue weighted by atomic mass is 19.1. The summed E-state index contributed by atoms with van der Waals surface area (Å²) in [6.07, 6.45) is -0.991. The zero-order chi connectivity index (χ0) is 6.57. The van der Waals surface area contributed by atoms with E-state index in [2.05, 4.69) is 0 Å². The molecule has 0 heterocycles. The molecular formula is C5H9FN2. The average molecular weight is 116 g/mol. The Kier molecular flexibility index (Phi) is 3.13. The third kappa shape index (κ3) is 1.90. The van der Waals surface area contributed by atoms with Crippen LogP contribution in [0.3, 0.4) is 0 Å². The number of nitriles is 1. The van der Waals surface area contributed by atoms with Crippen LogP contribution < -0.4 is 5.73 Å². The fourth-order valence-corrected chi connectivity index (χ4v) is 0.303. The number of rotatable bonds is 2. The molecule has 2 atom stereocenters. The van der Waals surface area contributed by atoms with Gasteiger partial charge in [-0.25, -0.2) is 4.39 Å². The summed E-state index contributed by atoms with van der Waals surface area (Å²) >= 11 is 0. The van der Waals surface area contributed by atoms with Gasteiger partial charge < -0.3 is 5.73 Å². The molecule has 0 aliphatic heterocycles. The first-order chi connectivity index (χ1) is 3.72. The minimum atomic E-state index is -1.50. The summed E-state index contributed by atoms with van der Waals surface area (Å²) in [5, 5.41) is 7.93. The summed E-state index contributed by atoms with van der Waals surface area (Å²) < 4.78 is 12.0. The monoisotopic (exact) mass is 116 g/mol. The van der Waals surface area contributed by atoms with E-state index in [0.29, 0.717) is 6.42 Å². The van der Waals surface area contributed by atoms with Crippen LogP contribution in [0, 0.1) is 11.3 Å². The highest BCUT2D eigenvalue weighted by Crippen LogP contribution is 1.97. The van der Waals surface area contributed by atoms with Gasteiger partial charge in [0, 0.05) is 6.04 Å². The fourth-order valence-electron chi connectivity index (χ4n) is 0.303. The first-order valence-corrected chi connectivity index (χ1v) is 2.51. The van der Waals surface area contributed by atoms with Gasteiger partial charge in [0.25, 0.3) is 0 Å². The van der Waals surface area contributed by atoms with Crippen LogP contribution in [0.1, 0.15) is 13.3 Å². The third-order valence-corrected chi connectivity index (χ3v) is 0.971. The van der Waals surface area contributed by atoms with Crippen molar-refractivity contribution in [1.29, 1.82) is 5.26 Å². The number of halogens is 1. The zero-order valence-electron chi connectivity index (χ0n) is 4.76. The van der Waals surface area contributed by atoms with E-state index in [-0.39, 0.29) is 0 Å². The summed E-state index contributed by atoms with van der Waals surface area (Å²) in [7, 11) is 0. The van der Waals surface area contributed by atoms with Gasteiger partial charge in [0.15, 0.2) is 0 Å². The van der Waals surface area contributed by atoms with Gasteiger partial charge in [-0.05, 0) is 6.42 Å². The summed E-state index contributed by atoms with van der Waals surface area (Å²) in [6.45, 7) is 1.74. The van der Waals surface area contributed by atoms with Crippen LogP contribution in [-0.2, 0) is 0 Å². The predicted octanol–water partition coefficient (Wildman–Crippen LogP) is 0.585. The highest BCUT2D eigenvalue weighted by molar-refractivity contribution is 4.90. The molecule has 0 rings (SSSR count). The number of hydrogen-bond donors (Lipinski definition) is 1. The van der Waals surface area contributed by atoms with E-state index < -0.39 is 12.2 Å². The molecule has 0 radical (unpaired) electrons. The van der Waals surface area contributed by atoms with E-state index in [0.717, 1.165) is 0 Å². The summed E-state index contributed by atoms with van der Waals surface area (Å²) in [5.74, 6) is 0. The van der Waals surface area contributed by atoms with Crippen molar-refractivity contribution in [2.75, 3.05) is 0 Å². The SMILES string of the molecule is CCC(N)C(F)C#N. The van der Waals surface area contributed by atoms with Gasteiger partial charge in [-0.1, -0.05) is 6.92 Å². The molecule has 8 heavy (non-hydrogen) atoms. The molecule has 0 aliphatic rings. The topological polar surface area (TPSA) is 49.8 Å². The van der Waals surface area contributed by atoms with Crippen LogP contribution in [-0.4, -0.2) is 12.2 Å². The zero-order valence-corrected chi connectivity index (χ0v) is 4.76. The van der Waals surface area contributed by atoms with Gasteiger partial charge in [-0.3, -0.25) is 0 Å². The van der Waals surface area contributed by atoms with Crippen LogP contribution in [0.2, 0.25) is 0 Å². The normalized spacial score (nSPS) is 16.8. The molecule has 0 aromatic rings. The largest absolute Gasteiger partial charge is 0.324 e. The maximum absolute atomic E-state index is 12.0. The molecular weight excluding hydrogens is 107 g/mol. The number of nitrogens with zero attached hydrogens (tertiary/aromatic N) is 1. The van der Waals surface area contributed by atoms with Crippen molar-refractivity contribution in [3.8, 4) is 6.07 Å². The molecule has 2 unspecified atom stereocenters. The minimum absolute atomic E-state index is 0.509. The molecule has 0 aliphatic carbocycles. The lowest BCUT2D eigenvalue weighted by Gasteiger charge is -2.04. The van der Waals surface area contributed by atoms with E-state index in [1.165, 1.54) is 6.07 Å². The Hall–Kier alpha value is -0.620. The molecule has 46 valence electrons. The first kappa shape index (κ1) is 7.38. The van der Waals surface area contributed by atoms with Crippen molar-refractivity contribution in [1.82, 2.24) is 0 Å². The van der Waals surface area contributed by atoms with Gasteiger partial charge >= 0.3 is 0 Å². The quantitative estimate of drug-likeness (QED) is 0.573. The molecule has 0 fully saturated rings. The molecule has 0 saturated carbocycles. The van der Waals surface area contributed by atoms with Crippen molar-refractivity contribution in [2.24, 2.45) is 5.73 Å². The molecule has 3 heteroatoms. The summed E-state index contributed by atoms with van der Waals surface area (Å²) in [6, 6.07) is 0.813. The van der Waals surface area contributed by atoms with Crippen LogP contribution in [0.4, 0.5) is 4.39 Å². The lowest BCUT2D eigenvalue weighted by atomic mass is 10.2. The van der Waals surface area contributed by atoms with Crippen molar-refractivity contribution < 1.29 is 4.39 Å². The van der Waals surface area contributed by atoms with E-state index in [1.807, 2.05) is 0 Å². The van der Waals surface area contributed by atoms with Gasteiger partial charge in [-0.15, -0.1) is 0 Å². The Bertz CT molecular complexity index is 97.1. The Morgan fingerprint density at radius 1 is 1.88 bits per heavy atom. The van der Waals surface area contributed by atoms with Crippen LogP contribution >= 0.6 is 0 Å². The van der Waals surface area contributed by atoms with Crippen LogP contribution in [0.15, 0.2) is 0 Å². The molecule has 0 saturated heterocycles. The van der Waals surface area contributed by atoms with E-state index in [1.54, 1.807) is 6.92 Å². The van der Waals surface area contributed by atoms with Crippen molar-refractivity contribution in [2.45, 2.75) is 25.6 Å². The van der Waals surface area contributed by atoms with E-state index in [9.17, 15) is 4.39 Å². The van der Waals surface area contributed by atoms with Crippen LogP contribution in [0.25, 0.3) is 0 Å². The van der Waals surface area contributed by atoms with Crippen molar-refractivity contribution >= 4 is 0 Å². The van der Waals surface area contributed by atoms with Gasteiger partial charge in [0.1, 0.15) is 6.07 Å². The average Bonchev–Trinajstić information content (AvgIpc) is 1.84.